The van der Waals surface area contributed by atoms with E-state index in [2.05, 4.69) is 0 Å². The number of rotatable bonds is 2. The second-order valence-corrected chi connectivity index (χ2v) is 3.83. The second kappa shape index (κ2) is 4.41. The summed E-state index contributed by atoms with van der Waals surface area (Å²) in [5, 5.41) is 47.2. The summed E-state index contributed by atoms with van der Waals surface area (Å²) in [5.74, 6) is -4.07. The Morgan fingerprint density at radius 3 is 1.89 bits per heavy atom. The van der Waals surface area contributed by atoms with E-state index in [4.69, 9.17) is 5.11 Å². The lowest BCUT2D eigenvalue weighted by molar-refractivity contribution is 0.103. The van der Waals surface area contributed by atoms with Crippen molar-refractivity contribution in [2.75, 3.05) is 0 Å². The molecule has 0 saturated carbocycles. The van der Waals surface area contributed by atoms with Crippen LogP contribution >= 0.6 is 0 Å². The van der Waals surface area contributed by atoms with Gasteiger partial charge in [0.15, 0.2) is 11.5 Å². The third-order valence-corrected chi connectivity index (χ3v) is 2.62. The first-order valence-corrected chi connectivity index (χ1v) is 5.23. The molecule has 0 aliphatic carbocycles. The van der Waals surface area contributed by atoms with Gasteiger partial charge in [-0.2, -0.15) is 0 Å². The minimum Gasteiger partial charge on any atom is -0.507 e. The molecule has 0 amide bonds. The number of carbonyl (C=O) groups excluding carboxylic acids is 1. The molecule has 0 spiro atoms. The van der Waals surface area contributed by atoms with Gasteiger partial charge in [0.1, 0.15) is 17.1 Å². The number of hydrogen-bond acceptors (Lipinski definition) is 6. The molecule has 19 heavy (non-hydrogen) atoms. The van der Waals surface area contributed by atoms with Crippen molar-refractivity contribution < 1.29 is 30.3 Å². The molecule has 2 aromatic carbocycles. The summed E-state index contributed by atoms with van der Waals surface area (Å²) in [7, 11) is 0. The summed E-state index contributed by atoms with van der Waals surface area (Å²) in [6, 6.07) is 5.82. The van der Waals surface area contributed by atoms with Gasteiger partial charge in [0.25, 0.3) is 0 Å². The molecule has 0 fully saturated rings. The smallest absolute Gasteiger partial charge is 0.204 e. The van der Waals surface area contributed by atoms with Crippen molar-refractivity contribution in [1.82, 2.24) is 0 Å². The standard InChI is InChI=1S/C13H10O6/c14-7-2-1-3-8(15)10(7)11(17)6-4-5-9(16)13(19)12(6)18/h1-5,14-16,18-19H. The van der Waals surface area contributed by atoms with Gasteiger partial charge in [0, 0.05) is 0 Å². The van der Waals surface area contributed by atoms with Crippen LogP contribution in [-0.2, 0) is 0 Å². The molecular formula is C13H10O6. The first kappa shape index (κ1) is 12.6. The summed E-state index contributed by atoms with van der Waals surface area (Å²) in [4.78, 5) is 12.1. The van der Waals surface area contributed by atoms with Crippen molar-refractivity contribution >= 4 is 5.78 Å². The first-order valence-electron chi connectivity index (χ1n) is 5.23. The molecule has 0 aromatic heterocycles. The van der Waals surface area contributed by atoms with E-state index in [-0.39, 0.29) is 5.56 Å². The predicted molar refractivity (Wildman–Crippen MR) is 64.6 cm³/mol. The Morgan fingerprint density at radius 2 is 1.32 bits per heavy atom. The molecule has 0 bridgehead atoms. The molecule has 0 unspecified atom stereocenters. The lowest BCUT2D eigenvalue weighted by Crippen LogP contribution is -2.02. The second-order valence-electron chi connectivity index (χ2n) is 3.83. The Balaban J connectivity index is 2.60. The van der Waals surface area contributed by atoms with Gasteiger partial charge in [-0.3, -0.25) is 4.79 Å². The first-order chi connectivity index (χ1) is 8.93. The van der Waals surface area contributed by atoms with E-state index in [0.29, 0.717) is 0 Å². The quantitative estimate of drug-likeness (QED) is 0.413. The van der Waals surface area contributed by atoms with Gasteiger partial charge < -0.3 is 25.5 Å². The highest BCUT2D eigenvalue weighted by atomic mass is 16.3. The summed E-state index contributed by atoms with van der Waals surface area (Å²) < 4.78 is 0. The summed E-state index contributed by atoms with van der Waals surface area (Å²) >= 11 is 0. The highest BCUT2D eigenvalue weighted by molar-refractivity contribution is 6.14. The van der Waals surface area contributed by atoms with Crippen molar-refractivity contribution in [2.45, 2.75) is 0 Å². The number of phenolic OH excluding ortho intramolecular Hbond substituents is 5. The highest BCUT2D eigenvalue weighted by Gasteiger charge is 2.23. The van der Waals surface area contributed by atoms with E-state index < -0.39 is 40.1 Å². The number of aromatic hydroxyl groups is 5. The van der Waals surface area contributed by atoms with Crippen LogP contribution in [0.25, 0.3) is 0 Å². The third-order valence-electron chi connectivity index (χ3n) is 2.62. The van der Waals surface area contributed by atoms with Crippen LogP contribution in [0, 0.1) is 0 Å². The van der Waals surface area contributed by atoms with Gasteiger partial charge in [-0.1, -0.05) is 6.07 Å². The number of hydrogen-bond donors (Lipinski definition) is 5. The van der Waals surface area contributed by atoms with Crippen LogP contribution < -0.4 is 0 Å². The van der Waals surface area contributed by atoms with Gasteiger partial charge >= 0.3 is 0 Å². The minimum atomic E-state index is -0.886. The van der Waals surface area contributed by atoms with Crippen molar-refractivity contribution in [3.63, 3.8) is 0 Å². The number of ketones is 1. The van der Waals surface area contributed by atoms with Crippen LogP contribution in [0.4, 0.5) is 0 Å². The minimum absolute atomic E-state index is 0.355. The molecule has 0 aliphatic rings. The van der Waals surface area contributed by atoms with E-state index in [1.807, 2.05) is 0 Å². The molecule has 0 saturated heterocycles. The van der Waals surface area contributed by atoms with E-state index in [0.717, 1.165) is 12.1 Å². The Hall–Kier alpha value is -2.89. The maximum atomic E-state index is 12.1. The van der Waals surface area contributed by atoms with Gasteiger partial charge in [-0.05, 0) is 24.3 Å². The van der Waals surface area contributed by atoms with E-state index >= 15 is 0 Å². The van der Waals surface area contributed by atoms with Gasteiger partial charge in [-0.25, -0.2) is 0 Å². The molecule has 6 heteroatoms. The third kappa shape index (κ3) is 1.99. The Labute approximate surface area is 107 Å². The van der Waals surface area contributed by atoms with E-state index in [1.54, 1.807) is 0 Å². The molecular weight excluding hydrogens is 252 g/mol. The number of carbonyl (C=O) groups is 1. The topological polar surface area (TPSA) is 118 Å². The summed E-state index contributed by atoms with van der Waals surface area (Å²) in [6.45, 7) is 0. The zero-order chi connectivity index (χ0) is 14.2. The van der Waals surface area contributed by atoms with Gasteiger partial charge in [-0.15, -0.1) is 0 Å². The number of benzene rings is 2. The lowest BCUT2D eigenvalue weighted by atomic mass is 10.00. The molecule has 0 radical (unpaired) electrons. The predicted octanol–water partition coefficient (Wildman–Crippen LogP) is 1.45. The number of phenols is 5. The molecule has 2 aromatic rings. The van der Waals surface area contributed by atoms with Crippen molar-refractivity contribution in [1.29, 1.82) is 0 Å². The van der Waals surface area contributed by atoms with Crippen LogP contribution in [0.1, 0.15) is 15.9 Å². The molecule has 0 atom stereocenters. The lowest BCUT2D eigenvalue weighted by Gasteiger charge is -2.09. The molecule has 0 aliphatic heterocycles. The van der Waals surface area contributed by atoms with Crippen molar-refractivity contribution in [2.24, 2.45) is 0 Å². The van der Waals surface area contributed by atoms with E-state index in [9.17, 15) is 25.2 Å². The van der Waals surface area contributed by atoms with Crippen LogP contribution in [0.15, 0.2) is 30.3 Å². The van der Waals surface area contributed by atoms with Crippen LogP contribution in [0.2, 0.25) is 0 Å². The van der Waals surface area contributed by atoms with Crippen LogP contribution in [0.5, 0.6) is 28.7 Å². The maximum absolute atomic E-state index is 12.1. The van der Waals surface area contributed by atoms with Gasteiger partial charge in [0.05, 0.1) is 5.56 Å². The molecule has 98 valence electrons. The monoisotopic (exact) mass is 262 g/mol. The summed E-state index contributed by atoms with van der Waals surface area (Å²) in [6.07, 6.45) is 0. The summed E-state index contributed by atoms with van der Waals surface area (Å²) in [5.41, 5.74) is -0.755. The fraction of sp³-hybridized carbons (Fsp3) is 0. The molecule has 6 nitrogen and oxygen atoms in total. The fourth-order valence-corrected chi connectivity index (χ4v) is 1.65. The largest absolute Gasteiger partial charge is 0.507 e. The van der Waals surface area contributed by atoms with Crippen LogP contribution in [0.3, 0.4) is 0 Å². The zero-order valence-electron chi connectivity index (χ0n) is 9.53. The molecule has 2 rings (SSSR count). The average molecular weight is 262 g/mol. The Bertz CT molecular complexity index is 642. The van der Waals surface area contributed by atoms with Gasteiger partial charge in [0.2, 0.25) is 11.5 Å². The Morgan fingerprint density at radius 1 is 0.737 bits per heavy atom. The Kier molecular flexibility index (Phi) is 2.92. The normalized spacial score (nSPS) is 10.3. The zero-order valence-corrected chi connectivity index (χ0v) is 9.53. The maximum Gasteiger partial charge on any atom is 0.204 e. The van der Waals surface area contributed by atoms with E-state index in [1.165, 1.54) is 18.2 Å². The highest BCUT2D eigenvalue weighted by Crippen LogP contribution is 2.39. The van der Waals surface area contributed by atoms with Crippen molar-refractivity contribution in [3.05, 3.63) is 41.5 Å². The van der Waals surface area contributed by atoms with Crippen LogP contribution in [-0.4, -0.2) is 31.3 Å². The average Bonchev–Trinajstić information content (AvgIpc) is 2.35. The molecule has 5 N–H and O–H groups in total. The van der Waals surface area contributed by atoms with Crippen molar-refractivity contribution in [3.8, 4) is 28.7 Å². The molecule has 0 heterocycles. The SMILES string of the molecule is O=C(c1ccc(O)c(O)c1O)c1c(O)cccc1O. The fourth-order valence-electron chi connectivity index (χ4n) is 1.65.